The first-order valence-electron chi connectivity index (χ1n) is 35.3. The lowest BCUT2D eigenvalue weighted by Crippen LogP contribution is -2.07. The molecule has 5 unspecified atom stereocenters. The first-order chi connectivity index (χ1) is 44.8. The Morgan fingerprint density at radius 2 is 0.516 bits per heavy atom. The van der Waals surface area contributed by atoms with Gasteiger partial charge in [0.2, 0.25) is 0 Å². The zero-order chi connectivity index (χ0) is 62.2. The maximum atomic E-state index is 2.52. The predicted molar refractivity (Wildman–Crippen MR) is 399 cm³/mol. The minimum absolute atomic E-state index is 0.351. The van der Waals surface area contributed by atoms with Gasteiger partial charge < -0.3 is 0 Å². The van der Waals surface area contributed by atoms with Crippen molar-refractivity contribution in [2.75, 3.05) is 0 Å². The molecule has 0 radical (unpaired) electrons. The van der Waals surface area contributed by atoms with Crippen LogP contribution in [-0.4, -0.2) is 0 Å². The third-order valence-electron chi connectivity index (χ3n) is 21.5. The molecule has 13 rings (SSSR count). The van der Waals surface area contributed by atoms with Crippen molar-refractivity contribution in [3.8, 4) is 33.4 Å². The van der Waals surface area contributed by atoms with Crippen LogP contribution in [0.15, 0.2) is 194 Å². The van der Waals surface area contributed by atoms with E-state index < -0.39 is 0 Å². The molecule has 458 valence electrons. The molecule has 10 aromatic rings. The van der Waals surface area contributed by atoms with Crippen LogP contribution in [0.25, 0.3) is 104 Å². The smallest absolute Gasteiger partial charge is 0.0105 e. The van der Waals surface area contributed by atoms with Gasteiger partial charge in [-0.3, -0.25) is 0 Å². The molecule has 0 aromatic heterocycles. The van der Waals surface area contributed by atoms with Gasteiger partial charge >= 0.3 is 0 Å². The topological polar surface area (TPSA) is 0 Å². The van der Waals surface area contributed by atoms with Crippen LogP contribution in [-0.2, 0) is 0 Å². The fourth-order valence-corrected chi connectivity index (χ4v) is 16.2. The van der Waals surface area contributed by atoms with Crippen LogP contribution in [0, 0.1) is 17.8 Å². The summed E-state index contributed by atoms with van der Waals surface area (Å²) in [6.07, 6.45) is 37.7. The number of rotatable bonds is 26. The van der Waals surface area contributed by atoms with Gasteiger partial charge in [0, 0.05) is 17.8 Å². The lowest BCUT2D eigenvalue weighted by molar-refractivity contribution is 0.404. The van der Waals surface area contributed by atoms with Gasteiger partial charge in [0.1, 0.15) is 0 Å². The Morgan fingerprint density at radius 3 is 0.791 bits per heavy atom. The summed E-state index contributed by atoms with van der Waals surface area (Å²) in [5.41, 5.74) is 27.5. The Morgan fingerprint density at radius 1 is 0.264 bits per heavy atom. The highest BCUT2D eigenvalue weighted by Gasteiger charge is 2.33. The molecule has 0 heteroatoms. The van der Waals surface area contributed by atoms with E-state index in [2.05, 4.69) is 284 Å². The van der Waals surface area contributed by atoms with Crippen LogP contribution in [0.5, 0.6) is 0 Å². The molecule has 0 fully saturated rings. The van der Waals surface area contributed by atoms with Crippen molar-refractivity contribution >= 4 is 70.2 Å². The highest BCUT2D eigenvalue weighted by atomic mass is 14.4. The van der Waals surface area contributed by atoms with Crippen molar-refractivity contribution in [3.05, 3.63) is 272 Å². The van der Waals surface area contributed by atoms with Gasteiger partial charge in [0.05, 0.1) is 0 Å². The van der Waals surface area contributed by atoms with E-state index >= 15 is 0 Å². The van der Waals surface area contributed by atoms with E-state index in [1.54, 1.807) is 0 Å². The average molecular weight is 1190 g/mol. The van der Waals surface area contributed by atoms with Gasteiger partial charge in [-0.1, -0.05) is 361 Å². The molecular formula is C91H94. The SMILES string of the molecule is CCCCC(CC)CC1c2ccccc2-c2ccc(/C=C/c3ccc(/C=C/c4ccc5c(c4)C(CC(CC)CCCC)c4cc(/C=C/c6ccc(/C=C/c7ccc8c(c7)C(CC(CC)CCCC)c7ccccc7-8)c7ccccc67)ccc4-5)c4ccccc34)cc21. The highest BCUT2D eigenvalue weighted by Crippen LogP contribution is 2.52. The van der Waals surface area contributed by atoms with Crippen molar-refractivity contribution in [3.63, 3.8) is 0 Å². The maximum Gasteiger partial charge on any atom is 0.0105 e. The summed E-state index contributed by atoms with van der Waals surface area (Å²) in [6, 6.07) is 74.5. The van der Waals surface area contributed by atoms with Crippen LogP contribution in [0.3, 0.4) is 0 Å². The van der Waals surface area contributed by atoms with Gasteiger partial charge in [-0.25, -0.2) is 0 Å². The molecule has 0 bridgehead atoms. The number of unbranched alkanes of at least 4 members (excludes halogenated alkanes) is 3. The number of hydrogen-bond donors (Lipinski definition) is 0. The molecule has 0 heterocycles. The molecule has 3 aliphatic rings. The van der Waals surface area contributed by atoms with E-state index in [0.717, 1.165) is 11.8 Å². The fraction of sp³-hybridized carbons (Fsp3) is 0.297. The minimum atomic E-state index is 0.351. The van der Waals surface area contributed by atoms with E-state index in [0.29, 0.717) is 23.7 Å². The number of benzene rings is 10. The van der Waals surface area contributed by atoms with E-state index in [4.69, 9.17) is 0 Å². The molecule has 3 aliphatic carbocycles. The molecule has 0 N–H and O–H groups in total. The Balaban J connectivity index is 0.742. The highest BCUT2D eigenvalue weighted by molar-refractivity contribution is 6.01. The Labute approximate surface area is 545 Å². The molecule has 5 atom stereocenters. The first kappa shape index (κ1) is 61.5. The Hall–Kier alpha value is -8.32. The second kappa shape index (κ2) is 28.5. The summed E-state index contributed by atoms with van der Waals surface area (Å²) in [5, 5.41) is 5.12. The Kier molecular flexibility index (Phi) is 19.2. The Bertz CT molecular complexity index is 4070. The van der Waals surface area contributed by atoms with Crippen LogP contribution >= 0.6 is 0 Å². The van der Waals surface area contributed by atoms with E-state index in [9.17, 15) is 0 Å². The summed E-state index contributed by atoms with van der Waals surface area (Å²) in [7, 11) is 0. The van der Waals surface area contributed by atoms with Crippen LogP contribution in [0.2, 0.25) is 0 Å². The maximum absolute atomic E-state index is 2.52. The van der Waals surface area contributed by atoms with Crippen LogP contribution < -0.4 is 0 Å². The zero-order valence-electron chi connectivity index (χ0n) is 55.2. The van der Waals surface area contributed by atoms with Crippen LogP contribution in [0.1, 0.15) is 233 Å². The lowest BCUT2D eigenvalue weighted by Gasteiger charge is -2.21. The summed E-state index contributed by atoms with van der Waals surface area (Å²) < 4.78 is 0. The number of fused-ring (bicyclic) bond motifs is 11. The number of hydrogen-bond acceptors (Lipinski definition) is 0. The third kappa shape index (κ3) is 13.0. The molecule has 91 heavy (non-hydrogen) atoms. The van der Waals surface area contributed by atoms with Gasteiger partial charge in [-0.05, 0) is 170 Å². The van der Waals surface area contributed by atoms with Gasteiger partial charge in [-0.2, -0.15) is 0 Å². The molecule has 0 aliphatic heterocycles. The third-order valence-corrected chi connectivity index (χ3v) is 21.5. The largest absolute Gasteiger partial charge is 0.0654 e. The lowest BCUT2D eigenvalue weighted by atomic mass is 9.83. The molecule has 10 aromatic carbocycles. The first-order valence-corrected chi connectivity index (χ1v) is 35.3. The molecule has 0 nitrogen and oxygen atoms in total. The summed E-state index contributed by atoms with van der Waals surface area (Å²) in [4.78, 5) is 0. The summed E-state index contributed by atoms with van der Waals surface area (Å²) in [6.45, 7) is 14.2. The standard InChI is InChI=1S/C91H94/c1-7-13-24-62(10-4)55-85-79-33-22-20-31-77(79)81-51-39-65(58-87(81)85)35-43-69-47-49-71(75-29-18-16-27-73(69)75)45-37-67-41-53-83-84-54-42-68(61-90(84)91(89(83)60-67)57-64(12-6)26-15-9-3)38-46-72-50-48-70(74-28-17-19-30-76(72)74)44-36-66-40-52-82-78-32-21-23-34-80(78)86(88(82)59-66)56-63(11-5)25-14-8-2/h16-23,27-54,58-64,85-86,91H,7-15,24-26,55-57H2,1-6H3/b43-35+,44-36+,45-37+,46-38+. The van der Waals surface area contributed by atoms with Crippen molar-refractivity contribution in [2.45, 2.75) is 156 Å². The monoisotopic (exact) mass is 1190 g/mol. The molecular weight excluding hydrogens is 1090 g/mol. The van der Waals surface area contributed by atoms with Crippen molar-refractivity contribution in [1.29, 1.82) is 0 Å². The van der Waals surface area contributed by atoms with Crippen LogP contribution in [0.4, 0.5) is 0 Å². The summed E-state index contributed by atoms with van der Waals surface area (Å²) >= 11 is 0. The fourth-order valence-electron chi connectivity index (χ4n) is 16.2. The van der Waals surface area contributed by atoms with Gasteiger partial charge in [0.25, 0.3) is 0 Å². The summed E-state index contributed by atoms with van der Waals surface area (Å²) in [5.74, 6) is 3.44. The molecule has 0 saturated carbocycles. The zero-order valence-corrected chi connectivity index (χ0v) is 55.2. The predicted octanol–water partition coefficient (Wildman–Crippen LogP) is 26.8. The second-order valence-electron chi connectivity index (χ2n) is 27.1. The van der Waals surface area contributed by atoms with Gasteiger partial charge in [0.15, 0.2) is 0 Å². The van der Waals surface area contributed by atoms with E-state index in [1.807, 2.05) is 0 Å². The second-order valence-corrected chi connectivity index (χ2v) is 27.1. The average Bonchev–Trinajstić information content (AvgIpc) is 1.76. The normalized spacial score (nSPS) is 16.5. The van der Waals surface area contributed by atoms with E-state index in [1.165, 1.54) is 229 Å². The quantitative estimate of drug-likeness (QED) is 0.0474. The molecule has 0 saturated heterocycles. The van der Waals surface area contributed by atoms with Gasteiger partial charge in [-0.15, -0.1) is 0 Å². The van der Waals surface area contributed by atoms with Crippen molar-refractivity contribution < 1.29 is 0 Å². The van der Waals surface area contributed by atoms with Crippen molar-refractivity contribution in [2.24, 2.45) is 17.8 Å². The van der Waals surface area contributed by atoms with Crippen molar-refractivity contribution in [1.82, 2.24) is 0 Å². The molecule has 0 amide bonds. The van der Waals surface area contributed by atoms with E-state index in [-0.39, 0.29) is 0 Å². The minimum Gasteiger partial charge on any atom is -0.0654 e. The molecule has 0 spiro atoms.